The van der Waals surface area contributed by atoms with Gasteiger partial charge in [-0.05, 0) is 38.0 Å². The van der Waals surface area contributed by atoms with Crippen LogP contribution in [0.3, 0.4) is 0 Å². The lowest BCUT2D eigenvalue weighted by atomic mass is 9.73. The fraction of sp³-hybridized carbons (Fsp3) is 0.739. The van der Waals surface area contributed by atoms with Gasteiger partial charge in [0.1, 0.15) is 0 Å². The molecule has 32 heavy (non-hydrogen) atoms. The molecule has 2 N–H and O–H groups in total. The van der Waals surface area contributed by atoms with Crippen LogP contribution >= 0.6 is 11.3 Å². The molecule has 3 aliphatic heterocycles. The number of carbonyl (C=O) groups excluding carboxylic acids is 3. The molecule has 1 aromatic heterocycles. The smallest absolute Gasteiger partial charge is 0.239 e. The second-order valence-electron chi connectivity index (χ2n) is 9.65. The lowest BCUT2D eigenvalue weighted by Crippen LogP contribution is -2.54. The van der Waals surface area contributed by atoms with E-state index >= 15 is 0 Å². The molecule has 2 atom stereocenters. The molecule has 4 heterocycles. The van der Waals surface area contributed by atoms with Crippen molar-refractivity contribution in [3.63, 3.8) is 0 Å². The van der Waals surface area contributed by atoms with E-state index < -0.39 is 5.41 Å². The average Bonchev–Trinajstić information content (AvgIpc) is 3.29. The SMILES string of the molecule is CC(=O)N1CCC2(CCCC[C@H]3CN(Cc4cscn4)CC[C@@H]3NC(=O)CNC2=O)CC1. The highest BCUT2D eigenvalue weighted by Crippen LogP contribution is 2.38. The molecule has 0 radical (unpaired) electrons. The molecule has 176 valence electrons. The predicted octanol–water partition coefficient (Wildman–Crippen LogP) is 1.77. The number of nitrogens with zero attached hydrogens (tertiary/aromatic N) is 3. The van der Waals surface area contributed by atoms with Crippen LogP contribution in [0.25, 0.3) is 0 Å². The Morgan fingerprint density at radius 2 is 2.00 bits per heavy atom. The number of fused-ring (bicyclic) bond motifs is 1. The number of thiazole rings is 1. The van der Waals surface area contributed by atoms with E-state index in [4.69, 9.17) is 0 Å². The van der Waals surface area contributed by atoms with E-state index in [0.717, 1.165) is 57.4 Å². The highest BCUT2D eigenvalue weighted by atomic mass is 32.1. The normalized spacial score (nSPS) is 27.6. The molecule has 3 saturated heterocycles. The van der Waals surface area contributed by atoms with Crippen LogP contribution in [0.2, 0.25) is 0 Å². The van der Waals surface area contributed by atoms with Crippen molar-refractivity contribution in [1.29, 1.82) is 0 Å². The largest absolute Gasteiger partial charge is 0.351 e. The minimum atomic E-state index is -0.464. The van der Waals surface area contributed by atoms with Gasteiger partial charge in [-0.2, -0.15) is 0 Å². The van der Waals surface area contributed by atoms with Gasteiger partial charge in [0.05, 0.1) is 23.2 Å². The number of amides is 3. The van der Waals surface area contributed by atoms with Crippen LogP contribution in [0.1, 0.15) is 57.6 Å². The van der Waals surface area contributed by atoms with Gasteiger partial charge in [-0.3, -0.25) is 19.3 Å². The molecule has 3 aliphatic rings. The van der Waals surface area contributed by atoms with E-state index in [1.165, 1.54) is 0 Å². The van der Waals surface area contributed by atoms with Crippen LogP contribution < -0.4 is 10.6 Å². The van der Waals surface area contributed by atoms with E-state index in [0.29, 0.717) is 31.8 Å². The standard InChI is InChI=1S/C23H35N5O3S/c1-17(29)28-10-7-23(8-11-28)6-3-2-4-18-13-27(14-19-15-32-16-25-19)9-5-20(18)26-21(30)12-24-22(23)31/h15-16,18,20H,2-14H2,1H3,(H,24,31)(H,26,30)/t18-,20-/m0/s1. The van der Waals surface area contributed by atoms with Gasteiger partial charge in [-0.25, -0.2) is 4.98 Å². The molecule has 0 aliphatic carbocycles. The van der Waals surface area contributed by atoms with Crippen LogP contribution in [0.4, 0.5) is 0 Å². The molecule has 0 aromatic carbocycles. The first kappa shape index (κ1) is 23.2. The zero-order valence-electron chi connectivity index (χ0n) is 19.0. The molecule has 1 spiro atoms. The van der Waals surface area contributed by atoms with Crippen LogP contribution in [-0.4, -0.2) is 71.3 Å². The molecule has 8 nitrogen and oxygen atoms in total. The van der Waals surface area contributed by atoms with Crippen molar-refractivity contribution >= 4 is 29.1 Å². The Kier molecular flexibility index (Phi) is 7.45. The molecule has 0 unspecified atom stereocenters. The Morgan fingerprint density at radius 3 is 2.72 bits per heavy atom. The number of nitrogens with one attached hydrogen (secondary N) is 2. The Labute approximate surface area is 194 Å². The third-order valence-corrected chi connectivity index (χ3v) is 8.21. The Balaban J connectivity index is 1.39. The lowest BCUT2D eigenvalue weighted by molar-refractivity contribution is -0.141. The van der Waals surface area contributed by atoms with Crippen molar-refractivity contribution in [1.82, 2.24) is 25.4 Å². The number of piperidine rings is 2. The molecule has 9 heteroatoms. The molecular formula is C23H35N5O3S. The number of hydrogen-bond donors (Lipinski definition) is 2. The Hall–Kier alpha value is -2.00. The summed E-state index contributed by atoms with van der Waals surface area (Å²) in [5, 5.41) is 8.23. The first-order valence-corrected chi connectivity index (χ1v) is 12.8. The van der Waals surface area contributed by atoms with Crippen molar-refractivity contribution in [2.24, 2.45) is 11.3 Å². The van der Waals surface area contributed by atoms with Gasteiger partial charge >= 0.3 is 0 Å². The molecule has 3 amide bonds. The summed E-state index contributed by atoms with van der Waals surface area (Å²) in [5.74, 6) is 0.361. The van der Waals surface area contributed by atoms with Gasteiger partial charge < -0.3 is 15.5 Å². The minimum absolute atomic E-state index is 0.0222. The summed E-state index contributed by atoms with van der Waals surface area (Å²) in [7, 11) is 0. The van der Waals surface area contributed by atoms with Crippen LogP contribution in [0.5, 0.6) is 0 Å². The van der Waals surface area contributed by atoms with Crippen LogP contribution in [-0.2, 0) is 20.9 Å². The summed E-state index contributed by atoms with van der Waals surface area (Å²) >= 11 is 1.63. The van der Waals surface area contributed by atoms with E-state index in [9.17, 15) is 14.4 Å². The number of carbonyl (C=O) groups is 3. The number of rotatable bonds is 2. The number of aromatic nitrogens is 1. The zero-order chi connectivity index (χ0) is 22.6. The van der Waals surface area contributed by atoms with E-state index in [1.54, 1.807) is 18.3 Å². The summed E-state index contributed by atoms with van der Waals surface area (Å²) in [6, 6.07) is 0.165. The van der Waals surface area contributed by atoms with Crippen LogP contribution in [0.15, 0.2) is 10.9 Å². The first-order valence-electron chi connectivity index (χ1n) is 11.9. The summed E-state index contributed by atoms with van der Waals surface area (Å²) in [4.78, 5) is 46.2. The Morgan fingerprint density at radius 1 is 1.19 bits per heavy atom. The highest BCUT2D eigenvalue weighted by molar-refractivity contribution is 7.07. The van der Waals surface area contributed by atoms with E-state index in [1.807, 2.05) is 10.4 Å². The second kappa shape index (κ2) is 10.3. The minimum Gasteiger partial charge on any atom is -0.351 e. The maximum Gasteiger partial charge on any atom is 0.239 e. The van der Waals surface area contributed by atoms with Gasteiger partial charge in [0, 0.05) is 51.1 Å². The van der Waals surface area contributed by atoms with Gasteiger partial charge in [-0.1, -0.05) is 12.8 Å². The maximum absolute atomic E-state index is 13.1. The maximum atomic E-state index is 13.1. The van der Waals surface area contributed by atoms with Crippen molar-refractivity contribution in [2.45, 2.75) is 64.5 Å². The third-order valence-electron chi connectivity index (χ3n) is 7.57. The van der Waals surface area contributed by atoms with Gasteiger partial charge in [0.15, 0.2) is 0 Å². The van der Waals surface area contributed by atoms with Gasteiger partial charge in [-0.15, -0.1) is 11.3 Å². The van der Waals surface area contributed by atoms with E-state index in [-0.39, 0.29) is 30.3 Å². The van der Waals surface area contributed by atoms with E-state index in [2.05, 4.69) is 25.9 Å². The first-order chi connectivity index (χ1) is 15.4. The van der Waals surface area contributed by atoms with Gasteiger partial charge in [0.2, 0.25) is 17.7 Å². The van der Waals surface area contributed by atoms with Crippen LogP contribution in [0, 0.1) is 11.3 Å². The zero-order valence-corrected chi connectivity index (χ0v) is 19.8. The molecule has 0 saturated carbocycles. The van der Waals surface area contributed by atoms with Gasteiger partial charge in [0.25, 0.3) is 0 Å². The number of hydrogen-bond acceptors (Lipinski definition) is 6. The monoisotopic (exact) mass is 461 g/mol. The van der Waals surface area contributed by atoms with Crippen molar-refractivity contribution in [3.8, 4) is 0 Å². The molecule has 3 fully saturated rings. The highest BCUT2D eigenvalue weighted by Gasteiger charge is 2.42. The topological polar surface area (TPSA) is 94.6 Å². The van der Waals surface area contributed by atoms with Crippen molar-refractivity contribution in [3.05, 3.63) is 16.6 Å². The summed E-state index contributed by atoms with van der Waals surface area (Å²) in [5.41, 5.74) is 2.53. The number of likely N-dealkylation sites (tertiary alicyclic amines) is 2. The third kappa shape index (κ3) is 5.49. The quantitative estimate of drug-likeness (QED) is 0.700. The lowest BCUT2D eigenvalue weighted by Gasteiger charge is -2.42. The summed E-state index contributed by atoms with van der Waals surface area (Å²) < 4.78 is 0. The van der Waals surface area contributed by atoms with Crippen molar-refractivity contribution < 1.29 is 14.4 Å². The summed E-state index contributed by atoms with van der Waals surface area (Å²) in [6.07, 6.45) is 6.20. The molecular weight excluding hydrogens is 426 g/mol. The fourth-order valence-corrected chi connectivity index (χ4v) is 6.14. The van der Waals surface area contributed by atoms with Crippen molar-refractivity contribution in [2.75, 3.05) is 32.7 Å². The molecule has 1 aromatic rings. The average molecular weight is 462 g/mol. The predicted molar refractivity (Wildman–Crippen MR) is 123 cm³/mol. The fourth-order valence-electron chi connectivity index (χ4n) is 5.59. The molecule has 0 bridgehead atoms. The Bertz CT molecular complexity index is 807. The second-order valence-corrected chi connectivity index (χ2v) is 10.4. The summed E-state index contributed by atoms with van der Waals surface area (Å²) in [6.45, 7) is 5.63. The molecule has 4 rings (SSSR count).